The van der Waals surface area contributed by atoms with Crippen LogP contribution in [-0.2, 0) is 9.59 Å². The van der Waals surface area contributed by atoms with Crippen molar-refractivity contribution in [1.29, 1.82) is 0 Å². The zero-order chi connectivity index (χ0) is 16.8. The minimum Gasteiger partial charge on any atom is -0.347 e. The Balaban J connectivity index is 1.87. The lowest BCUT2D eigenvalue weighted by atomic mass is 10.0. The summed E-state index contributed by atoms with van der Waals surface area (Å²) in [7, 11) is 0. The van der Waals surface area contributed by atoms with Crippen molar-refractivity contribution in [2.24, 2.45) is 0 Å². The molecule has 0 saturated carbocycles. The van der Waals surface area contributed by atoms with Gasteiger partial charge in [-0.1, -0.05) is 43.3 Å². The molecule has 2 N–H and O–H groups in total. The summed E-state index contributed by atoms with van der Waals surface area (Å²) in [5.74, 6) is -1.90. The average molecular weight is 314 g/mol. The van der Waals surface area contributed by atoms with E-state index in [2.05, 4.69) is 10.6 Å². The second-order valence-corrected chi connectivity index (χ2v) is 5.44. The number of anilines is 1. The van der Waals surface area contributed by atoms with Crippen molar-refractivity contribution in [2.75, 3.05) is 11.9 Å². The molecular weight excluding hydrogens is 295 g/mol. The summed E-state index contributed by atoms with van der Waals surface area (Å²) >= 11 is 0. The van der Waals surface area contributed by atoms with Crippen LogP contribution in [0.2, 0.25) is 0 Å². The van der Waals surface area contributed by atoms with E-state index < -0.39 is 17.6 Å². The molecule has 0 fully saturated rings. The van der Waals surface area contributed by atoms with Crippen molar-refractivity contribution in [3.8, 4) is 0 Å². The Labute approximate surface area is 134 Å². The fourth-order valence-corrected chi connectivity index (χ4v) is 2.08. The van der Waals surface area contributed by atoms with Crippen molar-refractivity contribution < 1.29 is 14.0 Å². The Morgan fingerprint density at radius 2 is 1.78 bits per heavy atom. The molecule has 2 rings (SSSR count). The van der Waals surface area contributed by atoms with Crippen molar-refractivity contribution in [3.05, 3.63) is 65.5 Å². The molecule has 0 aromatic heterocycles. The summed E-state index contributed by atoms with van der Waals surface area (Å²) in [5.41, 5.74) is 1.81. The van der Waals surface area contributed by atoms with Gasteiger partial charge < -0.3 is 10.6 Å². The standard InChI is InChI=1S/C18H19FN2O2/c1-12-8-9-15(10-16(12)19)21-18(23)17(22)20-11-13(2)14-6-4-3-5-7-14/h3-10,13H,11H2,1-2H3,(H,20,22)(H,21,23)/t13-/m0/s1. The maximum Gasteiger partial charge on any atom is 0.313 e. The monoisotopic (exact) mass is 314 g/mol. The molecule has 2 aromatic rings. The number of rotatable bonds is 4. The fraction of sp³-hybridized carbons (Fsp3) is 0.222. The van der Waals surface area contributed by atoms with Crippen LogP contribution in [0.25, 0.3) is 0 Å². The summed E-state index contributed by atoms with van der Waals surface area (Å²) in [4.78, 5) is 23.6. The van der Waals surface area contributed by atoms with Crippen molar-refractivity contribution in [1.82, 2.24) is 5.32 Å². The predicted molar refractivity (Wildman–Crippen MR) is 87.6 cm³/mol. The number of hydrogen-bond acceptors (Lipinski definition) is 2. The maximum absolute atomic E-state index is 13.4. The maximum atomic E-state index is 13.4. The first-order valence-corrected chi connectivity index (χ1v) is 7.37. The lowest BCUT2D eigenvalue weighted by Gasteiger charge is -2.13. The average Bonchev–Trinajstić information content (AvgIpc) is 2.56. The van der Waals surface area contributed by atoms with E-state index in [0.717, 1.165) is 5.56 Å². The molecule has 0 bridgehead atoms. The Hall–Kier alpha value is -2.69. The lowest BCUT2D eigenvalue weighted by molar-refractivity contribution is -0.136. The molecule has 5 heteroatoms. The van der Waals surface area contributed by atoms with Crippen molar-refractivity contribution in [3.63, 3.8) is 0 Å². The molecular formula is C18H19FN2O2. The lowest BCUT2D eigenvalue weighted by Crippen LogP contribution is -2.37. The van der Waals surface area contributed by atoms with Crippen LogP contribution in [0.4, 0.5) is 10.1 Å². The van der Waals surface area contributed by atoms with Gasteiger partial charge >= 0.3 is 11.8 Å². The SMILES string of the molecule is Cc1ccc(NC(=O)C(=O)NC[C@H](C)c2ccccc2)cc1F. The van der Waals surface area contributed by atoms with E-state index in [9.17, 15) is 14.0 Å². The molecule has 2 aromatic carbocycles. The van der Waals surface area contributed by atoms with Crippen LogP contribution in [-0.4, -0.2) is 18.4 Å². The van der Waals surface area contributed by atoms with Gasteiger partial charge in [0.15, 0.2) is 0 Å². The van der Waals surface area contributed by atoms with Crippen molar-refractivity contribution in [2.45, 2.75) is 19.8 Å². The van der Waals surface area contributed by atoms with Gasteiger partial charge in [0.05, 0.1) is 0 Å². The third-order valence-corrected chi connectivity index (χ3v) is 3.57. The topological polar surface area (TPSA) is 58.2 Å². The second kappa shape index (κ2) is 7.54. The van der Waals surface area contributed by atoms with Gasteiger partial charge in [0, 0.05) is 12.2 Å². The van der Waals surface area contributed by atoms with E-state index in [1.54, 1.807) is 19.1 Å². The summed E-state index contributed by atoms with van der Waals surface area (Å²) in [6.45, 7) is 3.93. The highest BCUT2D eigenvalue weighted by Crippen LogP contribution is 2.14. The normalized spacial score (nSPS) is 11.6. The van der Waals surface area contributed by atoms with Gasteiger partial charge in [-0.15, -0.1) is 0 Å². The fourth-order valence-electron chi connectivity index (χ4n) is 2.08. The van der Waals surface area contributed by atoms with Crippen LogP contribution in [0.15, 0.2) is 48.5 Å². The van der Waals surface area contributed by atoms with Gasteiger partial charge in [-0.3, -0.25) is 9.59 Å². The van der Waals surface area contributed by atoms with E-state index >= 15 is 0 Å². The molecule has 2 amide bonds. The second-order valence-electron chi connectivity index (χ2n) is 5.44. The summed E-state index contributed by atoms with van der Waals surface area (Å²) in [5, 5.41) is 4.96. The number of halogens is 1. The van der Waals surface area contributed by atoms with Gasteiger partial charge in [0.1, 0.15) is 5.82 Å². The Kier molecular flexibility index (Phi) is 5.46. The van der Waals surface area contributed by atoms with Gasteiger partial charge in [-0.25, -0.2) is 4.39 Å². The number of carbonyl (C=O) groups excluding carboxylic acids is 2. The summed E-state index contributed by atoms with van der Waals surface area (Å²) in [6, 6.07) is 14.0. The van der Waals surface area contributed by atoms with Crippen LogP contribution in [0, 0.1) is 12.7 Å². The molecule has 0 heterocycles. The predicted octanol–water partition coefficient (Wildman–Crippen LogP) is 2.99. The van der Waals surface area contributed by atoms with E-state index in [0.29, 0.717) is 12.1 Å². The zero-order valence-corrected chi connectivity index (χ0v) is 13.1. The number of nitrogens with one attached hydrogen (secondary N) is 2. The molecule has 1 atom stereocenters. The van der Waals surface area contributed by atoms with Gasteiger partial charge in [0.2, 0.25) is 0 Å². The van der Waals surface area contributed by atoms with E-state index in [1.165, 1.54) is 6.07 Å². The first kappa shape index (κ1) is 16.7. The number of aryl methyl sites for hydroxylation is 1. The van der Waals surface area contributed by atoms with Crippen LogP contribution >= 0.6 is 0 Å². The van der Waals surface area contributed by atoms with Crippen LogP contribution in [0.1, 0.15) is 24.0 Å². The first-order chi connectivity index (χ1) is 11.0. The Morgan fingerprint density at radius 1 is 1.09 bits per heavy atom. The van der Waals surface area contributed by atoms with Gasteiger partial charge in [0.25, 0.3) is 0 Å². The van der Waals surface area contributed by atoms with Crippen LogP contribution < -0.4 is 10.6 Å². The molecule has 0 radical (unpaired) electrons. The zero-order valence-electron chi connectivity index (χ0n) is 13.1. The number of carbonyl (C=O) groups is 2. The molecule has 4 nitrogen and oxygen atoms in total. The first-order valence-electron chi connectivity index (χ1n) is 7.37. The molecule has 0 aliphatic heterocycles. The Morgan fingerprint density at radius 3 is 2.43 bits per heavy atom. The third-order valence-electron chi connectivity index (χ3n) is 3.57. The highest BCUT2D eigenvalue weighted by atomic mass is 19.1. The van der Waals surface area contributed by atoms with Crippen molar-refractivity contribution >= 4 is 17.5 Å². The molecule has 0 saturated heterocycles. The molecule has 0 aliphatic carbocycles. The quantitative estimate of drug-likeness (QED) is 0.852. The minimum atomic E-state index is -0.812. The number of amides is 2. The number of hydrogen-bond donors (Lipinski definition) is 2. The number of benzene rings is 2. The van der Waals surface area contributed by atoms with Gasteiger partial charge in [-0.2, -0.15) is 0 Å². The summed E-state index contributed by atoms with van der Waals surface area (Å²) in [6.07, 6.45) is 0. The minimum absolute atomic E-state index is 0.0877. The third kappa shape index (κ3) is 4.64. The molecule has 120 valence electrons. The molecule has 23 heavy (non-hydrogen) atoms. The van der Waals surface area contributed by atoms with E-state index in [4.69, 9.17) is 0 Å². The molecule has 0 unspecified atom stereocenters. The highest BCUT2D eigenvalue weighted by Gasteiger charge is 2.15. The van der Waals surface area contributed by atoms with Gasteiger partial charge in [-0.05, 0) is 36.1 Å². The van der Waals surface area contributed by atoms with Crippen LogP contribution in [0.3, 0.4) is 0 Å². The van der Waals surface area contributed by atoms with E-state index in [-0.39, 0.29) is 11.6 Å². The highest BCUT2D eigenvalue weighted by molar-refractivity contribution is 6.39. The Bertz CT molecular complexity index is 701. The molecule has 0 aliphatic rings. The summed E-state index contributed by atoms with van der Waals surface area (Å²) < 4.78 is 13.4. The van der Waals surface area contributed by atoms with E-state index in [1.807, 2.05) is 37.3 Å². The largest absolute Gasteiger partial charge is 0.347 e. The van der Waals surface area contributed by atoms with Crippen LogP contribution in [0.5, 0.6) is 0 Å². The smallest absolute Gasteiger partial charge is 0.313 e. The molecule has 0 spiro atoms.